The number of likely N-dealkylation sites (N-methyl/N-ethyl adjacent to an activating group) is 1. The number of hydrogen-bond donors (Lipinski definition) is 0. The third-order valence-corrected chi connectivity index (χ3v) is 6.28. The zero-order chi connectivity index (χ0) is 23.4. The van der Waals surface area contributed by atoms with Crippen LogP contribution >= 0.6 is 16.1 Å². The molecule has 3 heterocycles. The summed E-state index contributed by atoms with van der Waals surface area (Å²) in [5.74, 6) is 0.124. The van der Waals surface area contributed by atoms with E-state index >= 15 is 0 Å². The van der Waals surface area contributed by atoms with Crippen molar-refractivity contribution in [1.82, 2.24) is 29.5 Å². The fourth-order valence-corrected chi connectivity index (χ4v) is 4.47. The molecule has 1 amide bonds. The largest absolute Gasteiger partial charge is 0.332 e. The van der Waals surface area contributed by atoms with Gasteiger partial charge in [-0.05, 0) is 50.7 Å². The van der Waals surface area contributed by atoms with Gasteiger partial charge in [-0.15, -0.1) is 0 Å². The lowest BCUT2D eigenvalue weighted by Crippen LogP contribution is -2.41. The van der Waals surface area contributed by atoms with E-state index in [1.54, 1.807) is 39.2 Å². The minimum absolute atomic E-state index is 0.00586. The van der Waals surface area contributed by atoms with Crippen LogP contribution < -0.4 is 3.93 Å². The van der Waals surface area contributed by atoms with E-state index in [0.29, 0.717) is 36.8 Å². The fraction of sp³-hybridized carbons (Fsp3) is 0.391. The molecule has 0 aliphatic carbocycles. The number of anilines is 1. The van der Waals surface area contributed by atoms with E-state index in [4.69, 9.17) is 0 Å². The minimum Gasteiger partial charge on any atom is -0.332 e. The topological polar surface area (TPSA) is 70.4 Å². The van der Waals surface area contributed by atoms with Gasteiger partial charge in [0.05, 0.1) is 35.3 Å². The second kappa shape index (κ2) is 10.4. The molecule has 33 heavy (non-hydrogen) atoms. The minimum atomic E-state index is -0.313. The molecular formula is C23H27BrFN7O. The molecular weight excluding hydrogens is 489 g/mol. The summed E-state index contributed by atoms with van der Waals surface area (Å²) in [7, 11) is 3.99. The summed E-state index contributed by atoms with van der Waals surface area (Å²) >= 11 is 3.54. The standard InChI is InChI=1S/C23H27BrFN7O/c1-29(2)13-14-30-16-20(17-6-8-18(25)9-7-17)21(28-30)22(33)31-12-3-5-19(31)15-32(24)23-26-10-4-11-27-23/h4,6-11,16,19H,3,5,12-15H2,1-2H3/t19-/m0/s1. The first kappa shape index (κ1) is 23.3. The molecule has 2 aromatic heterocycles. The maximum Gasteiger partial charge on any atom is 0.275 e. The van der Waals surface area contributed by atoms with Crippen LogP contribution in [0.15, 0.2) is 48.9 Å². The predicted molar refractivity (Wildman–Crippen MR) is 129 cm³/mol. The van der Waals surface area contributed by atoms with Gasteiger partial charge >= 0.3 is 0 Å². The van der Waals surface area contributed by atoms with Gasteiger partial charge in [0.1, 0.15) is 5.82 Å². The first-order valence-corrected chi connectivity index (χ1v) is 11.6. The highest BCUT2D eigenvalue weighted by Crippen LogP contribution is 2.28. The summed E-state index contributed by atoms with van der Waals surface area (Å²) in [6, 6.07) is 7.94. The fourth-order valence-electron chi connectivity index (χ4n) is 3.95. The molecule has 8 nitrogen and oxygen atoms in total. The number of aromatic nitrogens is 4. The molecule has 1 aliphatic heterocycles. The quantitative estimate of drug-likeness (QED) is 0.428. The molecule has 0 saturated carbocycles. The van der Waals surface area contributed by atoms with Crippen molar-refractivity contribution in [2.45, 2.75) is 25.4 Å². The van der Waals surface area contributed by atoms with Gasteiger partial charge < -0.3 is 9.80 Å². The number of nitrogens with zero attached hydrogens (tertiary/aromatic N) is 7. The van der Waals surface area contributed by atoms with E-state index in [0.717, 1.165) is 24.9 Å². The van der Waals surface area contributed by atoms with Crippen molar-refractivity contribution in [3.63, 3.8) is 0 Å². The van der Waals surface area contributed by atoms with Crippen LogP contribution in [-0.4, -0.2) is 75.2 Å². The van der Waals surface area contributed by atoms with E-state index in [9.17, 15) is 9.18 Å². The number of amides is 1. The monoisotopic (exact) mass is 515 g/mol. The molecule has 1 fully saturated rings. The molecule has 0 N–H and O–H groups in total. The predicted octanol–water partition coefficient (Wildman–Crippen LogP) is 3.46. The zero-order valence-electron chi connectivity index (χ0n) is 18.7. The number of rotatable bonds is 8. The Kier molecular flexibility index (Phi) is 7.34. The summed E-state index contributed by atoms with van der Waals surface area (Å²) in [5.41, 5.74) is 1.88. The summed E-state index contributed by atoms with van der Waals surface area (Å²) in [6.07, 6.45) is 7.05. The van der Waals surface area contributed by atoms with Gasteiger partial charge in [-0.3, -0.25) is 13.4 Å². The van der Waals surface area contributed by atoms with E-state index in [-0.39, 0.29) is 17.8 Å². The van der Waals surface area contributed by atoms with Crippen molar-refractivity contribution < 1.29 is 9.18 Å². The number of likely N-dealkylation sites (tertiary alicyclic amines) is 1. The third-order valence-electron chi connectivity index (χ3n) is 5.67. The van der Waals surface area contributed by atoms with Crippen LogP contribution in [0.25, 0.3) is 11.1 Å². The summed E-state index contributed by atoms with van der Waals surface area (Å²) in [4.78, 5) is 26.2. The number of carbonyl (C=O) groups excluding carboxylic acids is 1. The maximum absolute atomic E-state index is 13.7. The van der Waals surface area contributed by atoms with Crippen LogP contribution in [0, 0.1) is 5.82 Å². The molecule has 1 atom stereocenters. The third kappa shape index (κ3) is 5.56. The molecule has 0 radical (unpaired) electrons. The Balaban J connectivity index is 1.59. The summed E-state index contributed by atoms with van der Waals surface area (Å²) in [5, 5.41) is 4.65. The summed E-state index contributed by atoms with van der Waals surface area (Å²) in [6.45, 7) is 2.66. The van der Waals surface area contributed by atoms with Crippen molar-refractivity contribution in [2.75, 3.05) is 37.7 Å². The highest BCUT2D eigenvalue weighted by molar-refractivity contribution is 9.10. The highest BCUT2D eigenvalue weighted by atomic mass is 79.9. The van der Waals surface area contributed by atoms with Crippen LogP contribution in [0.5, 0.6) is 0 Å². The van der Waals surface area contributed by atoms with Gasteiger partial charge in [-0.2, -0.15) is 5.10 Å². The normalized spacial score (nSPS) is 15.9. The Morgan fingerprint density at radius 2 is 1.94 bits per heavy atom. The zero-order valence-corrected chi connectivity index (χ0v) is 20.3. The molecule has 0 unspecified atom stereocenters. The van der Waals surface area contributed by atoms with Gasteiger partial charge in [0.2, 0.25) is 5.95 Å². The Morgan fingerprint density at radius 3 is 2.64 bits per heavy atom. The first-order valence-electron chi connectivity index (χ1n) is 10.9. The van der Waals surface area contributed by atoms with Crippen LogP contribution in [-0.2, 0) is 6.54 Å². The van der Waals surface area contributed by atoms with E-state index < -0.39 is 0 Å². The Labute approximate surface area is 201 Å². The second-order valence-corrected chi connectivity index (χ2v) is 9.21. The number of halogens is 2. The van der Waals surface area contributed by atoms with Gasteiger partial charge in [0.25, 0.3) is 5.91 Å². The van der Waals surface area contributed by atoms with Crippen molar-refractivity contribution >= 4 is 28.0 Å². The Bertz CT molecular complexity index is 1070. The molecule has 1 aliphatic rings. The van der Waals surface area contributed by atoms with E-state index in [1.165, 1.54) is 12.1 Å². The first-order chi connectivity index (χ1) is 15.9. The van der Waals surface area contributed by atoms with Crippen molar-refractivity contribution in [3.05, 3.63) is 60.4 Å². The average molecular weight is 516 g/mol. The van der Waals surface area contributed by atoms with Gasteiger partial charge in [-0.1, -0.05) is 12.1 Å². The molecule has 4 rings (SSSR count). The number of benzene rings is 1. The van der Waals surface area contributed by atoms with Crippen molar-refractivity contribution in [2.24, 2.45) is 0 Å². The van der Waals surface area contributed by atoms with Crippen molar-refractivity contribution in [1.29, 1.82) is 0 Å². The maximum atomic E-state index is 13.7. The van der Waals surface area contributed by atoms with Crippen LogP contribution in [0.4, 0.5) is 10.3 Å². The molecule has 10 heteroatoms. The molecule has 0 spiro atoms. The van der Waals surface area contributed by atoms with Crippen LogP contribution in [0.1, 0.15) is 23.3 Å². The lowest BCUT2D eigenvalue weighted by atomic mass is 10.1. The Hall–Kier alpha value is -2.85. The average Bonchev–Trinajstić information content (AvgIpc) is 3.45. The lowest BCUT2D eigenvalue weighted by Gasteiger charge is -2.27. The molecule has 174 valence electrons. The SMILES string of the molecule is CN(C)CCn1cc(-c2ccc(F)cc2)c(C(=O)N2CCC[C@H]2CN(Br)c2ncccn2)n1. The number of carbonyl (C=O) groups is 1. The van der Waals surface area contributed by atoms with Gasteiger partial charge in [0, 0.05) is 37.2 Å². The molecule has 3 aromatic rings. The highest BCUT2D eigenvalue weighted by Gasteiger charge is 2.33. The Morgan fingerprint density at radius 1 is 1.21 bits per heavy atom. The molecule has 1 aromatic carbocycles. The smallest absolute Gasteiger partial charge is 0.275 e. The lowest BCUT2D eigenvalue weighted by molar-refractivity contribution is 0.0736. The summed E-state index contributed by atoms with van der Waals surface area (Å²) < 4.78 is 17.1. The van der Waals surface area contributed by atoms with Gasteiger partial charge in [0.15, 0.2) is 5.69 Å². The second-order valence-electron chi connectivity index (χ2n) is 8.35. The van der Waals surface area contributed by atoms with Crippen molar-refractivity contribution in [3.8, 4) is 11.1 Å². The van der Waals surface area contributed by atoms with E-state index in [2.05, 4.69) is 36.1 Å². The van der Waals surface area contributed by atoms with E-state index in [1.807, 2.05) is 25.2 Å². The number of hydrogen-bond acceptors (Lipinski definition) is 6. The molecule has 0 bridgehead atoms. The van der Waals surface area contributed by atoms with Crippen LogP contribution in [0.2, 0.25) is 0 Å². The molecule has 1 saturated heterocycles. The van der Waals surface area contributed by atoms with Crippen LogP contribution in [0.3, 0.4) is 0 Å². The van der Waals surface area contributed by atoms with Gasteiger partial charge in [-0.25, -0.2) is 14.4 Å².